The van der Waals surface area contributed by atoms with Crippen LogP contribution in [0.2, 0.25) is 5.02 Å². The second-order valence-corrected chi connectivity index (χ2v) is 7.73. The van der Waals surface area contributed by atoms with Gasteiger partial charge < -0.3 is 15.0 Å². The summed E-state index contributed by atoms with van der Waals surface area (Å²) in [6.45, 7) is 3.32. The van der Waals surface area contributed by atoms with Crippen LogP contribution in [0, 0.1) is 6.92 Å². The number of carbonyl (C=O) groups is 1. The van der Waals surface area contributed by atoms with Crippen LogP contribution in [0.3, 0.4) is 0 Å². The van der Waals surface area contributed by atoms with Crippen molar-refractivity contribution in [2.24, 2.45) is 0 Å². The first-order valence-electron chi connectivity index (χ1n) is 9.45. The van der Waals surface area contributed by atoms with Crippen molar-refractivity contribution in [1.29, 1.82) is 0 Å². The van der Waals surface area contributed by atoms with Crippen LogP contribution in [0.1, 0.15) is 16.8 Å². The molecule has 0 fully saturated rings. The van der Waals surface area contributed by atoms with Gasteiger partial charge in [-0.05, 0) is 48.9 Å². The number of benzene rings is 2. The smallest absolute Gasteiger partial charge is 0.238 e. The van der Waals surface area contributed by atoms with Crippen molar-refractivity contribution >= 4 is 34.1 Å². The number of aryl methyl sites for hydroxylation is 1. The van der Waals surface area contributed by atoms with E-state index in [9.17, 15) is 9.59 Å². The molecule has 2 N–H and O–H groups in total. The van der Waals surface area contributed by atoms with Gasteiger partial charge in [0.1, 0.15) is 5.75 Å². The molecular formula is C22H22ClN3O3. The van der Waals surface area contributed by atoms with Gasteiger partial charge in [0.05, 0.1) is 19.2 Å². The molecule has 1 aromatic heterocycles. The number of H-pyrrole nitrogens is 1. The number of fused-ring (bicyclic) bond motifs is 2. The van der Waals surface area contributed by atoms with Crippen LogP contribution >= 0.6 is 11.6 Å². The molecule has 0 spiro atoms. The van der Waals surface area contributed by atoms with Crippen LogP contribution in [0.5, 0.6) is 5.75 Å². The van der Waals surface area contributed by atoms with Gasteiger partial charge in [0.2, 0.25) is 5.91 Å². The highest BCUT2D eigenvalue weighted by Crippen LogP contribution is 2.25. The first-order chi connectivity index (χ1) is 13.9. The lowest BCUT2D eigenvalue weighted by atomic mass is 10.0. The molecule has 2 aromatic carbocycles. The van der Waals surface area contributed by atoms with E-state index < -0.39 is 0 Å². The molecule has 0 bridgehead atoms. The number of pyridine rings is 1. The molecule has 0 saturated heterocycles. The average Bonchev–Trinajstić information content (AvgIpc) is 2.71. The van der Waals surface area contributed by atoms with Crippen LogP contribution in [-0.4, -0.2) is 36.0 Å². The Morgan fingerprint density at radius 2 is 2.03 bits per heavy atom. The standard InChI is InChI=1S/C22H22ClN3O3/c1-13-9-16(29-2)10-17-21(13)25-19-7-8-26(11-18(19)22(17)28)12-20(27)24-15-5-3-14(23)4-6-15/h3-6,9-10H,7-8,11-12H2,1-2H3,(H,24,27)(H,25,28). The molecule has 6 nitrogen and oxygen atoms in total. The number of anilines is 1. The number of rotatable bonds is 4. The predicted molar refractivity (Wildman–Crippen MR) is 115 cm³/mol. The van der Waals surface area contributed by atoms with Gasteiger partial charge in [0.25, 0.3) is 0 Å². The van der Waals surface area contributed by atoms with E-state index in [1.165, 1.54) is 0 Å². The van der Waals surface area contributed by atoms with E-state index in [2.05, 4.69) is 10.3 Å². The molecule has 4 rings (SSSR count). The Hall–Kier alpha value is -2.83. The summed E-state index contributed by atoms with van der Waals surface area (Å²) in [5.74, 6) is 0.543. The van der Waals surface area contributed by atoms with Crippen molar-refractivity contribution in [1.82, 2.24) is 9.88 Å². The number of nitrogens with zero attached hydrogens (tertiary/aromatic N) is 1. The average molecular weight is 412 g/mol. The summed E-state index contributed by atoms with van der Waals surface area (Å²) in [7, 11) is 1.59. The summed E-state index contributed by atoms with van der Waals surface area (Å²) in [6, 6.07) is 10.7. The molecule has 7 heteroatoms. The van der Waals surface area contributed by atoms with E-state index in [4.69, 9.17) is 16.3 Å². The molecule has 0 unspecified atom stereocenters. The fourth-order valence-electron chi connectivity index (χ4n) is 3.77. The van der Waals surface area contributed by atoms with Gasteiger partial charge >= 0.3 is 0 Å². The number of methoxy groups -OCH3 is 1. The predicted octanol–water partition coefficient (Wildman–Crippen LogP) is 3.50. The van der Waals surface area contributed by atoms with Gasteiger partial charge in [0.15, 0.2) is 5.43 Å². The number of carbonyl (C=O) groups excluding carboxylic acids is 1. The third kappa shape index (κ3) is 3.99. The Labute approximate surface area is 173 Å². The number of ether oxygens (including phenoxy) is 1. The maximum Gasteiger partial charge on any atom is 0.238 e. The van der Waals surface area contributed by atoms with Crippen LogP contribution < -0.4 is 15.5 Å². The molecule has 3 aromatic rings. The number of hydrogen-bond acceptors (Lipinski definition) is 4. The Balaban J connectivity index is 1.55. The number of aromatic amines is 1. The monoisotopic (exact) mass is 411 g/mol. The van der Waals surface area contributed by atoms with Crippen LogP contribution in [-0.2, 0) is 17.8 Å². The van der Waals surface area contributed by atoms with Crippen LogP contribution in [0.25, 0.3) is 10.9 Å². The van der Waals surface area contributed by atoms with Crippen molar-refractivity contribution < 1.29 is 9.53 Å². The molecule has 0 aliphatic carbocycles. The zero-order valence-electron chi connectivity index (χ0n) is 16.3. The second kappa shape index (κ2) is 7.89. The van der Waals surface area contributed by atoms with E-state index in [-0.39, 0.29) is 17.9 Å². The summed E-state index contributed by atoms with van der Waals surface area (Å²) in [5.41, 5.74) is 4.19. The lowest BCUT2D eigenvalue weighted by Gasteiger charge is -2.28. The number of nitrogens with one attached hydrogen (secondary N) is 2. The van der Waals surface area contributed by atoms with Crippen molar-refractivity contribution in [3.8, 4) is 5.75 Å². The van der Waals surface area contributed by atoms with E-state index in [0.29, 0.717) is 41.4 Å². The zero-order chi connectivity index (χ0) is 20.5. The Kier molecular flexibility index (Phi) is 5.30. The van der Waals surface area contributed by atoms with E-state index >= 15 is 0 Å². The molecule has 1 amide bonds. The highest BCUT2D eigenvalue weighted by molar-refractivity contribution is 6.30. The van der Waals surface area contributed by atoms with Crippen LogP contribution in [0.4, 0.5) is 5.69 Å². The van der Waals surface area contributed by atoms with Gasteiger partial charge in [-0.25, -0.2) is 0 Å². The van der Waals surface area contributed by atoms with Gasteiger partial charge in [-0.2, -0.15) is 0 Å². The van der Waals surface area contributed by atoms with E-state index in [0.717, 1.165) is 22.3 Å². The summed E-state index contributed by atoms with van der Waals surface area (Å²) in [6.07, 6.45) is 0.695. The maximum atomic E-state index is 13.1. The van der Waals surface area contributed by atoms with Crippen molar-refractivity contribution in [2.75, 3.05) is 25.5 Å². The molecular weight excluding hydrogens is 390 g/mol. The fourth-order valence-corrected chi connectivity index (χ4v) is 3.89. The minimum absolute atomic E-state index is 0.00133. The highest BCUT2D eigenvalue weighted by Gasteiger charge is 2.23. The normalized spacial score (nSPS) is 13.9. The van der Waals surface area contributed by atoms with Crippen LogP contribution in [0.15, 0.2) is 41.2 Å². The van der Waals surface area contributed by atoms with Crippen molar-refractivity contribution in [2.45, 2.75) is 19.9 Å². The largest absolute Gasteiger partial charge is 0.497 e. The Morgan fingerprint density at radius 3 is 2.76 bits per heavy atom. The van der Waals surface area contributed by atoms with Gasteiger partial charge in [0, 0.05) is 46.9 Å². The molecule has 29 heavy (non-hydrogen) atoms. The summed E-state index contributed by atoms with van der Waals surface area (Å²) in [4.78, 5) is 31.0. The molecule has 0 radical (unpaired) electrons. The highest BCUT2D eigenvalue weighted by atomic mass is 35.5. The Morgan fingerprint density at radius 1 is 1.28 bits per heavy atom. The molecule has 150 valence electrons. The number of amides is 1. The number of halogens is 1. The quantitative estimate of drug-likeness (QED) is 0.689. The molecule has 1 aliphatic heterocycles. The number of aromatic nitrogens is 1. The maximum absolute atomic E-state index is 13.1. The third-order valence-corrected chi connectivity index (χ3v) is 5.51. The van der Waals surface area contributed by atoms with Crippen molar-refractivity contribution in [3.63, 3.8) is 0 Å². The molecule has 1 aliphatic rings. The van der Waals surface area contributed by atoms with E-state index in [1.807, 2.05) is 17.9 Å². The Bertz CT molecular complexity index is 1140. The molecule has 2 heterocycles. The first-order valence-corrected chi connectivity index (χ1v) is 9.82. The summed E-state index contributed by atoms with van der Waals surface area (Å²) < 4.78 is 5.32. The minimum atomic E-state index is -0.120. The second-order valence-electron chi connectivity index (χ2n) is 7.29. The third-order valence-electron chi connectivity index (χ3n) is 5.26. The minimum Gasteiger partial charge on any atom is -0.497 e. The molecule has 0 saturated carbocycles. The molecule has 0 atom stereocenters. The topological polar surface area (TPSA) is 74.4 Å². The lowest BCUT2D eigenvalue weighted by Crippen LogP contribution is -2.39. The zero-order valence-corrected chi connectivity index (χ0v) is 17.1. The van der Waals surface area contributed by atoms with Gasteiger partial charge in [-0.1, -0.05) is 11.6 Å². The first kappa shape index (κ1) is 19.5. The summed E-state index contributed by atoms with van der Waals surface area (Å²) >= 11 is 5.88. The fraction of sp³-hybridized carbons (Fsp3) is 0.273. The van der Waals surface area contributed by atoms with Gasteiger partial charge in [-0.3, -0.25) is 14.5 Å². The van der Waals surface area contributed by atoms with Gasteiger partial charge in [-0.15, -0.1) is 0 Å². The van der Waals surface area contributed by atoms with E-state index in [1.54, 1.807) is 37.4 Å². The van der Waals surface area contributed by atoms with Crippen molar-refractivity contribution in [3.05, 3.63) is 68.5 Å². The SMILES string of the molecule is COc1cc(C)c2[nH]c3c(c(=O)c2c1)CN(CC(=O)Nc1ccc(Cl)cc1)CC3. The number of hydrogen-bond donors (Lipinski definition) is 2. The lowest BCUT2D eigenvalue weighted by molar-refractivity contribution is -0.117. The summed E-state index contributed by atoms with van der Waals surface area (Å²) in [5, 5.41) is 4.10.